The van der Waals surface area contributed by atoms with Crippen molar-refractivity contribution in [2.24, 2.45) is 5.73 Å². The van der Waals surface area contributed by atoms with Gasteiger partial charge in [-0.15, -0.1) is 0 Å². The number of hydrogen-bond donors (Lipinski definition) is 2. The molecule has 8 heteroatoms. The van der Waals surface area contributed by atoms with E-state index in [0.717, 1.165) is 18.6 Å². The molecular formula is C13H14F3N3O2. The molecule has 1 atom stereocenters. The molecule has 1 aromatic heterocycles. The zero-order valence-corrected chi connectivity index (χ0v) is 11.2. The van der Waals surface area contributed by atoms with Gasteiger partial charge in [-0.2, -0.15) is 18.2 Å². The Hall–Kier alpha value is -2.09. The maximum absolute atomic E-state index is 12.7. The third kappa shape index (κ3) is 3.52. The number of nitrogens with two attached hydrogens (primary N) is 1. The molecule has 0 aliphatic heterocycles. The lowest BCUT2D eigenvalue weighted by Gasteiger charge is -2.09. The fourth-order valence-corrected chi connectivity index (χ4v) is 1.73. The molecule has 2 aromatic rings. The molecule has 0 saturated heterocycles. The molecule has 1 aromatic carbocycles. The second kappa shape index (κ2) is 5.72. The van der Waals surface area contributed by atoms with E-state index in [9.17, 15) is 18.3 Å². The van der Waals surface area contributed by atoms with Gasteiger partial charge in [-0.05, 0) is 24.6 Å². The maximum atomic E-state index is 12.7. The number of aromatic nitrogens is 2. The predicted octanol–water partition coefficient (Wildman–Crippen LogP) is 2.74. The Bertz CT molecular complexity index is 625. The molecule has 0 aliphatic rings. The Morgan fingerprint density at radius 3 is 2.71 bits per heavy atom. The highest BCUT2D eigenvalue weighted by molar-refractivity contribution is 5.58. The quantitative estimate of drug-likeness (QED) is 0.907. The molecule has 0 aliphatic carbocycles. The second-order valence-corrected chi connectivity index (χ2v) is 4.61. The fourth-order valence-electron chi connectivity index (χ4n) is 1.73. The first-order valence-corrected chi connectivity index (χ1v) is 6.30. The summed E-state index contributed by atoms with van der Waals surface area (Å²) in [5.74, 6) is -0.553. The topological polar surface area (TPSA) is 85.2 Å². The van der Waals surface area contributed by atoms with E-state index in [-0.39, 0.29) is 23.3 Å². The second-order valence-electron chi connectivity index (χ2n) is 4.61. The smallest absolute Gasteiger partial charge is 0.419 e. The lowest BCUT2D eigenvalue weighted by atomic mass is 10.1. The molecular weight excluding hydrogens is 287 g/mol. The van der Waals surface area contributed by atoms with Crippen molar-refractivity contribution in [2.45, 2.75) is 32.0 Å². The number of hydrogen-bond acceptors (Lipinski definition) is 5. The van der Waals surface area contributed by atoms with Crippen molar-refractivity contribution in [3.05, 3.63) is 29.7 Å². The van der Waals surface area contributed by atoms with Gasteiger partial charge in [-0.1, -0.05) is 12.1 Å². The lowest BCUT2D eigenvalue weighted by molar-refractivity contribution is -0.138. The molecule has 0 spiro atoms. The zero-order valence-electron chi connectivity index (χ0n) is 11.2. The summed E-state index contributed by atoms with van der Waals surface area (Å²) in [6, 6.07) is 2.87. The number of benzene rings is 1. The van der Waals surface area contributed by atoms with Gasteiger partial charge >= 0.3 is 6.18 Å². The van der Waals surface area contributed by atoms with Crippen molar-refractivity contribution in [2.75, 3.05) is 0 Å². The minimum atomic E-state index is -4.66. The minimum absolute atomic E-state index is 0.0267. The first-order chi connectivity index (χ1) is 9.81. The van der Waals surface area contributed by atoms with E-state index < -0.39 is 17.5 Å². The molecule has 114 valence electrons. The summed E-state index contributed by atoms with van der Waals surface area (Å²) in [6.07, 6.45) is -3.58. The highest BCUT2D eigenvalue weighted by atomic mass is 19.4. The van der Waals surface area contributed by atoms with Crippen LogP contribution in [0.25, 0.3) is 11.4 Å². The largest absolute Gasteiger partial charge is 0.507 e. The molecule has 2 rings (SSSR count). The first-order valence-electron chi connectivity index (χ1n) is 6.30. The van der Waals surface area contributed by atoms with Crippen LogP contribution in [0.15, 0.2) is 22.7 Å². The van der Waals surface area contributed by atoms with Crippen LogP contribution in [0.4, 0.5) is 13.2 Å². The van der Waals surface area contributed by atoms with Gasteiger partial charge in [0.25, 0.3) is 0 Å². The molecule has 21 heavy (non-hydrogen) atoms. The van der Waals surface area contributed by atoms with Gasteiger partial charge in [0.15, 0.2) is 0 Å². The minimum Gasteiger partial charge on any atom is -0.507 e. The first kappa shape index (κ1) is 15.3. The Balaban J connectivity index is 2.31. The number of aromatic hydroxyl groups is 1. The van der Waals surface area contributed by atoms with Crippen LogP contribution >= 0.6 is 0 Å². The summed E-state index contributed by atoms with van der Waals surface area (Å²) in [5.41, 5.74) is 4.71. The highest BCUT2D eigenvalue weighted by Crippen LogP contribution is 2.37. The van der Waals surface area contributed by atoms with Crippen molar-refractivity contribution in [3.63, 3.8) is 0 Å². The van der Waals surface area contributed by atoms with E-state index >= 15 is 0 Å². The van der Waals surface area contributed by atoms with Crippen molar-refractivity contribution >= 4 is 0 Å². The van der Waals surface area contributed by atoms with Crippen molar-refractivity contribution < 1.29 is 22.8 Å². The Labute approximate surface area is 118 Å². The number of nitrogens with zero attached hydrogens (tertiary/aromatic N) is 2. The molecule has 1 heterocycles. The van der Waals surface area contributed by atoms with Crippen LogP contribution < -0.4 is 5.73 Å². The van der Waals surface area contributed by atoms with Gasteiger partial charge in [0, 0.05) is 18.0 Å². The molecule has 1 unspecified atom stereocenters. The van der Waals surface area contributed by atoms with Crippen LogP contribution in [-0.4, -0.2) is 21.3 Å². The summed E-state index contributed by atoms with van der Waals surface area (Å²) >= 11 is 0. The van der Waals surface area contributed by atoms with Crippen LogP contribution in [0.2, 0.25) is 0 Å². The third-order valence-electron chi connectivity index (χ3n) is 2.99. The van der Waals surface area contributed by atoms with E-state index in [0.29, 0.717) is 6.42 Å². The standard InChI is InChI=1S/C13H14F3N3O2/c1-2-8(17)6-11-18-12(19-21-11)7-3-4-10(20)9(5-7)13(14,15)16/h3-5,8,20H,2,6,17H2,1H3. The van der Waals surface area contributed by atoms with Gasteiger partial charge in [0.05, 0.1) is 5.56 Å². The number of phenols is 1. The van der Waals surface area contributed by atoms with Crippen molar-refractivity contribution in [3.8, 4) is 17.1 Å². The molecule has 5 nitrogen and oxygen atoms in total. The van der Waals surface area contributed by atoms with Gasteiger partial charge < -0.3 is 15.4 Å². The van der Waals surface area contributed by atoms with Crippen LogP contribution in [0.3, 0.4) is 0 Å². The van der Waals surface area contributed by atoms with E-state index in [4.69, 9.17) is 10.3 Å². The zero-order chi connectivity index (χ0) is 15.6. The number of phenolic OH excluding ortho intramolecular Hbond substituents is 1. The van der Waals surface area contributed by atoms with E-state index in [2.05, 4.69) is 10.1 Å². The average molecular weight is 301 g/mol. The van der Waals surface area contributed by atoms with Gasteiger partial charge in [-0.3, -0.25) is 0 Å². The van der Waals surface area contributed by atoms with Crippen molar-refractivity contribution in [1.29, 1.82) is 0 Å². The van der Waals surface area contributed by atoms with Gasteiger partial charge in [0.1, 0.15) is 5.75 Å². The Morgan fingerprint density at radius 1 is 1.38 bits per heavy atom. The van der Waals surface area contributed by atoms with Crippen LogP contribution in [0.1, 0.15) is 24.8 Å². The Kier molecular flexibility index (Phi) is 4.17. The molecule has 3 N–H and O–H groups in total. The summed E-state index contributed by atoms with van der Waals surface area (Å²) < 4.78 is 43.1. The maximum Gasteiger partial charge on any atom is 0.419 e. The molecule has 0 saturated carbocycles. The van der Waals surface area contributed by atoms with Gasteiger partial charge in [-0.25, -0.2) is 0 Å². The van der Waals surface area contributed by atoms with Crippen LogP contribution in [-0.2, 0) is 12.6 Å². The monoisotopic (exact) mass is 301 g/mol. The molecule has 0 bridgehead atoms. The number of rotatable bonds is 4. The number of alkyl halides is 3. The van der Waals surface area contributed by atoms with E-state index in [1.54, 1.807) is 0 Å². The van der Waals surface area contributed by atoms with Crippen molar-refractivity contribution in [1.82, 2.24) is 10.1 Å². The molecule has 0 amide bonds. The summed E-state index contributed by atoms with van der Waals surface area (Å²) in [7, 11) is 0. The van der Waals surface area contributed by atoms with E-state index in [1.807, 2.05) is 6.92 Å². The van der Waals surface area contributed by atoms with Crippen LogP contribution in [0, 0.1) is 0 Å². The number of halogens is 3. The summed E-state index contributed by atoms with van der Waals surface area (Å²) in [6.45, 7) is 1.90. The average Bonchev–Trinajstić information content (AvgIpc) is 2.86. The summed E-state index contributed by atoms with van der Waals surface area (Å²) in [4.78, 5) is 4.01. The predicted molar refractivity (Wildman–Crippen MR) is 68.4 cm³/mol. The summed E-state index contributed by atoms with van der Waals surface area (Å²) in [5, 5.41) is 12.9. The molecule has 0 radical (unpaired) electrons. The SMILES string of the molecule is CCC(N)Cc1nc(-c2ccc(O)c(C(F)(F)F)c2)no1. The normalized spacial score (nSPS) is 13.4. The van der Waals surface area contributed by atoms with E-state index in [1.165, 1.54) is 6.07 Å². The van der Waals surface area contributed by atoms with Crippen LogP contribution in [0.5, 0.6) is 5.75 Å². The van der Waals surface area contributed by atoms with Gasteiger partial charge in [0.2, 0.25) is 11.7 Å². The molecule has 0 fully saturated rings. The lowest BCUT2D eigenvalue weighted by Crippen LogP contribution is -2.21. The third-order valence-corrected chi connectivity index (χ3v) is 2.99. The Morgan fingerprint density at radius 2 is 2.10 bits per heavy atom. The highest BCUT2D eigenvalue weighted by Gasteiger charge is 2.34. The fraction of sp³-hybridized carbons (Fsp3) is 0.385.